The number of amides is 2. The summed E-state index contributed by atoms with van der Waals surface area (Å²) in [5, 5.41) is 2.12. The average molecular weight is 378 g/mol. The van der Waals surface area contributed by atoms with Crippen molar-refractivity contribution >= 4 is 22.6 Å². The fraction of sp³-hybridized carbons (Fsp3) is 0.182. The van der Waals surface area contributed by atoms with Gasteiger partial charge in [0.25, 0.3) is 5.91 Å². The molecule has 0 heterocycles. The Bertz CT molecular complexity index is 987. The number of hydrazine groups is 1. The van der Waals surface area contributed by atoms with E-state index in [1.165, 1.54) is 0 Å². The fourth-order valence-electron chi connectivity index (χ4n) is 2.80. The van der Waals surface area contributed by atoms with Gasteiger partial charge in [-0.05, 0) is 35.9 Å². The van der Waals surface area contributed by atoms with Crippen LogP contribution in [0.3, 0.4) is 0 Å². The van der Waals surface area contributed by atoms with E-state index in [4.69, 9.17) is 9.47 Å². The van der Waals surface area contributed by atoms with Crippen LogP contribution in [0.1, 0.15) is 12.5 Å². The molecule has 0 unspecified atom stereocenters. The van der Waals surface area contributed by atoms with Gasteiger partial charge in [-0.25, -0.2) is 0 Å². The summed E-state index contributed by atoms with van der Waals surface area (Å²) >= 11 is 0. The molecular weight excluding hydrogens is 356 g/mol. The summed E-state index contributed by atoms with van der Waals surface area (Å²) in [5.41, 5.74) is 5.53. The van der Waals surface area contributed by atoms with Gasteiger partial charge in [0.05, 0.1) is 13.5 Å². The molecule has 0 aliphatic rings. The van der Waals surface area contributed by atoms with E-state index in [-0.39, 0.29) is 12.3 Å². The first-order valence-electron chi connectivity index (χ1n) is 8.93. The number of fused-ring (bicyclic) bond motifs is 1. The van der Waals surface area contributed by atoms with E-state index in [1.807, 2.05) is 54.6 Å². The highest BCUT2D eigenvalue weighted by atomic mass is 16.5. The van der Waals surface area contributed by atoms with Gasteiger partial charge in [-0.15, -0.1) is 0 Å². The highest BCUT2D eigenvalue weighted by Crippen LogP contribution is 2.21. The van der Waals surface area contributed by atoms with Crippen molar-refractivity contribution in [1.82, 2.24) is 10.9 Å². The van der Waals surface area contributed by atoms with E-state index >= 15 is 0 Å². The second-order valence-electron chi connectivity index (χ2n) is 6.30. The number of ether oxygens (including phenoxy) is 2. The molecule has 3 aromatic carbocycles. The number of nitrogens with one attached hydrogen (secondary N) is 2. The van der Waals surface area contributed by atoms with Crippen LogP contribution in [0.25, 0.3) is 10.8 Å². The largest absolute Gasteiger partial charge is 0.496 e. The Balaban J connectivity index is 1.52. The monoisotopic (exact) mass is 378 g/mol. The summed E-state index contributed by atoms with van der Waals surface area (Å²) in [7, 11) is 1.55. The number of benzene rings is 3. The Labute approximate surface area is 163 Å². The van der Waals surface area contributed by atoms with Crippen molar-refractivity contribution in [3.8, 4) is 11.5 Å². The number of carbonyl (C=O) groups excluding carboxylic acids is 2. The van der Waals surface area contributed by atoms with Gasteiger partial charge in [0, 0.05) is 5.56 Å². The van der Waals surface area contributed by atoms with Crippen molar-refractivity contribution in [2.24, 2.45) is 0 Å². The quantitative estimate of drug-likeness (QED) is 0.647. The predicted octanol–water partition coefficient (Wildman–Crippen LogP) is 3.01. The number of hydrogen-bond donors (Lipinski definition) is 2. The average Bonchev–Trinajstić information content (AvgIpc) is 2.72. The minimum absolute atomic E-state index is 0.0875. The molecule has 0 radical (unpaired) electrons. The minimum atomic E-state index is -0.771. The summed E-state index contributed by atoms with van der Waals surface area (Å²) in [4.78, 5) is 24.3. The van der Waals surface area contributed by atoms with Gasteiger partial charge in [-0.3, -0.25) is 20.4 Å². The third-order valence-corrected chi connectivity index (χ3v) is 4.27. The summed E-state index contributed by atoms with van der Waals surface area (Å²) < 4.78 is 10.9. The van der Waals surface area contributed by atoms with Crippen LogP contribution in [-0.4, -0.2) is 25.0 Å². The SMILES string of the molecule is COc1ccccc1CC(=O)NNC(=O)[C@H](C)Oc1ccc2ccccc2c1. The molecule has 3 rings (SSSR count). The summed E-state index contributed by atoms with van der Waals surface area (Å²) in [6.45, 7) is 1.62. The van der Waals surface area contributed by atoms with E-state index in [0.29, 0.717) is 11.5 Å². The molecule has 0 saturated heterocycles. The van der Waals surface area contributed by atoms with Crippen molar-refractivity contribution in [2.75, 3.05) is 7.11 Å². The van der Waals surface area contributed by atoms with E-state index in [2.05, 4.69) is 10.9 Å². The molecule has 0 spiro atoms. The maximum absolute atomic E-state index is 12.2. The van der Waals surface area contributed by atoms with Crippen LogP contribution in [0, 0.1) is 0 Å². The first kappa shape index (κ1) is 19.2. The maximum Gasteiger partial charge on any atom is 0.279 e. The summed E-state index contributed by atoms with van der Waals surface area (Å²) in [6.07, 6.45) is -0.683. The van der Waals surface area contributed by atoms with Crippen molar-refractivity contribution in [2.45, 2.75) is 19.4 Å². The van der Waals surface area contributed by atoms with Crippen LogP contribution >= 0.6 is 0 Å². The first-order chi connectivity index (χ1) is 13.6. The molecule has 0 aliphatic carbocycles. The molecule has 2 N–H and O–H groups in total. The lowest BCUT2D eigenvalue weighted by molar-refractivity contribution is -0.132. The third kappa shape index (κ3) is 4.79. The van der Waals surface area contributed by atoms with Crippen LogP contribution in [0.4, 0.5) is 0 Å². The maximum atomic E-state index is 12.2. The second-order valence-corrected chi connectivity index (χ2v) is 6.30. The molecule has 2 amide bonds. The highest BCUT2D eigenvalue weighted by Gasteiger charge is 2.16. The molecule has 0 aromatic heterocycles. The molecule has 3 aromatic rings. The third-order valence-electron chi connectivity index (χ3n) is 4.27. The summed E-state index contributed by atoms with van der Waals surface area (Å²) in [5.74, 6) is 0.413. The first-order valence-corrected chi connectivity index (χ1v) is 8.93. The van der Waals surface area contributed by atoms with Crippen molar-refractivity contribution in [1.29, 1.82) is 0 Å². The number of carbonyl (C=O) groups is 2. The van der Waals surface area contributed by atoms with Gasteiger partial charge >= 0.3 is 0 Å². The molecule has 0 bridgehead atoms. The lowest BCUT2D eigenvalue weighted by Gasteiger charge is -2.16. The molecule has 0 aliphatic heterocycles. The van der Waals surface area contributed by atoms with Crippen LogP contribution in [0.15, 0.2) is 66.7 Å². The Kier molecular flexibility index (Phi) is 6.11. The zero-order valence-electron chi connectivity index (χ0n) is 15.8. The van der Waals surface area contributed by atoms with Crippen molar-refractivity contribution in [3.63, 3.8) is 0 Å². The number of methoxy groups -OCH3 is 1. The zero-order chi connectivity index (χ0) is 19.9. The van der Waals surface area contributed by atoms with Gasteiger partial charge in [0.2, 0.25) is 5.91 Å². The number of hydrogen-bond acceptors (Lipinski definition) is 4. The van der Waals surface area contributed by atoms with E-state index < -0.39 is 12.0 Å². The van der Waals surface area contributed by atoms with E-state index in [9.17, 15) is 9.59 Å². The van der Waals surface area contributed by atoms with Gasteiger partial charge < -0.3 is 9.47 Å². The predicted molar refractivity (Wildman–Crippen MR) is 107 cm³/mol. The van der Waals surface area contributed by atoms with Crippen LogP contribution in [0.5, 0.6) is 11.5 Å². The van der Waals surface area contributed by atoms with Gasteiger partial charge in [0.15, 0.2) is 6.10 Å². The molecule has 0 saturated carbocycles. The van der Waals surface area contributed by atoms with Gasteiger partial charge in [-0.2, -0.15) is 0 Å². The van der Waals surface area contributed by atoms with Crippen molar-refractivity contribution in [3.05, 3.63) is 72.3 Å². The highest BCUT2D eigenvalue weighted by molar-refractivity contribution is 5.86. The van der Waals surface area contributed by atoms with Gasteiger partial charge in [0.1, 0.15) is 11.5 Å². The molecule has 28 heavy (non-hydrogen) atoms. The van der Waals surface area contributed by atoms with E-state index in [0.717, 1.165) is 16.3 Å². The zero-order valence-corrected chi connectivity index (χ0v) is 15.8. The smallest absolute Gasteiger partial charge is 0.279 e. The second kappa shape index (κ2) is 8.90. The molecular formula is C22H22N2O4. The molecule has 6 heteroatoms. The molecule has 144 valence electrons. The Morgan fingerprint density at radius 2 is 1.64 bits per heavy atom. The number of rotatable bonds is 6. The standard InChI is InChI=1S/C22H22N2O4/c1-15(28-19-12-11-16-7-3-4-8-17(16)13-19)22(26)24-23-21(25)14-18-9-5-6-10-20(18)27-2/h3-13,15H,14H2,1-2H3,(H,23,25)(H,24,26)/t15-/m0/s1. The lowest BCUT2D eigenvalue weighted by atomic mass is 10.1. The van der Waals surface area contributed by atoms with Crippen molar-refractivity contribution < 1.29 is 19.1 Å². The van der Waals surface area contributed by atoms with Gasteiger partial charge in [-0.1, -0.05) is 48.5 Å². The van der Waals surface area contributed by atoms with Crippen LogP contribution < -0.4 is 20.3 Å². The van der Waals surface area contributed by atoms with Crippen LogP contribution in [0.2, 0.25) is 0 Å². The van der Waals surface area contributed by atoms with E-state index in [1.54, 1.807) is 26.2 Å². The summed E-state index contributed by atoms with van der Waals surface area (Å²) in [6, 6.07) is 20.7. The Morgan fingerprint density at radius 1 is 0.929 bits per heavy atom. The Morgan fingerprint density at radius 3 is 2.43 bits per heavy atom. The molecule has 6 nitrogen and oxygen atoms in total. The fourth-order valence-corrected chi connectivity index (χ4v) is 2.80. The topological polar surface area (TPSA) is 76.7 Å². The number of para-hydroxylation sites is 1. The minimum Gasteiger partial charge on any atom is -0.496 e. The Hall–Kier alpha value is -3.54. The molecule has 1 atom stereocenters. The molecule has 0 fully saturated rings. The van der Waals surface area contributed by atoms with Crippen LogP contribution in [-0.2, 0) is 16.0 Å². The lowest BCUT2D eigenvalue weighted by Crippen LogP contribution is -2.47. The normalized spacial score (nSPS) is 11.5.